The van der Waals surface area contributed by atoms with E-state index in [-0.39, 0.29) is 5.91 Å². The first-order valence-electron chi connectivity index (χ1n) is 10.4. The molecule has 2 fully saturated rings. The Morgan fingerprint density at radius 1 is 1.29 bits per heavy atom. The van der Waals surface area contributed by atoms with Crippen molar-refractivity contribution in [2.24, 2.45) is 5.92 Å². The van der Waals surface area contributed by atoms with Crippen molar-refractivity contribution < 1.29 is 14.1 Å². The van der Waals surface area contributed by atoms with Crippen LogP contribution in [0.5, 0.6) is 0 Å². The molecule has 0 aromatic carbocycles. The number of aryl methyl sites for hydroxylation is 2. The molecule has 2 aliphatic heterocycles. The fourth-order valence-corrected chi connectivity index (χ4v) is 4.13. The topological polar surface area (TPSA) is 86.3 Å². The molecule has 4 rings (SSSR count). The molecule has 8 heteroatoms. The average Bonchev–Trinajstić information content (AvgIpc) is 3.42. The lowest BCUT2D eigenvalue weighted by Crippen LogP contribution is -2.40. The SMILES string of the molecule is CCn1cc(C(=O)N2CCCC(CCc3noc(C4CCOCC4)n3)C2)cn1. The van der Waals surface area contributed by atoms with Crippen molar-refractivity contribution in [3.8, 4) is 0 Å². The third-order valence-corrected chi connectivity index (χ3v) is 5.84. The Bertz CT molecular complexity index is 780. The van der Waals surface area contributed by atoms with Gasteiger partial charge in [-0.15, -0.1) is 0 Å². The largest absolute Gasteiger partial charge is 0.381 e. The minimum atomic E-state index is 0.0887. The molecule has 1 unspecified atom stereocenters. The maximum atomic E-state index is 12.7. The number of aromatic nitrogens is 4. The van der Waals surface area contributed by atoms with Gasteiger partial charge in [-0.2, -0.15) is 10.1 Å². The smallest absolute Gasteiger partial charge is 0.257 e. The first kappa shape index (κ1) is 19.1. The molecule has 0 spiro atoms. The van der Waals surface area contributed by atoms with Gasteiger partial charge in [0.1, 0.15) is 0 Å². The van der Waals surface area contributed by atoms with Gasteiger partial charge < -0.3 is 14.2 Å². The highest BCUT2D eigenvalue weighted by atomic mass is 16.5. The third kappa shape index (κ3) is 4.43. The van der Waals surface area contributed by atoms with E-state index in [0.29, 0.717) is 17.4 Å². The van der Waals surface area contributed by atoms with Crippen molar-refractivity contribution in [3.05, 3.63) is 29.7 Å². The third-order valence-electron chi connectivity index (χ3n) is 5.84. The second-order valence-electron chi connectivity index (χ2n) is 7.82. The summed E-state index contributed by atoms with van der Waals surface area (Å²) in [5.74, 6) is 2.44. The monoisotopic (exact) mass is 387 g/mol. The van der Waals surface area contributed by atoms with Crippen LogP contribution in [0.4, 0.5) is 0 Å². The van der Waals surface area contributed by atoms with Crippen LogP contribution in [0.25, 0.3) is 0 Å². The summed E-state index contributed by atoms with van der Waals surface area (Å²) in [5, 5.41) is 8.39. The zero-order valence-corrected chi connectivity index (χ0v) is 16.5. The molecular weight excluding hydrogens is 358 g/mol. The normalized spacial score (nSPS) is 21.2. The summed E-state index contributed by atoms with van der Waals surface area (Å²) in [7, 11) is 0. The zero-order chi connectivity index (χ0) is 19.3. The molecule has 1 amide bonds. The molecular formula is C20H29N5O3. The molecule has 0 N–H and O–H groups in total. The highest BCUT2D eigenvalue weighted by Crippen LogP contribution is 2.26. The molecule has 0 aliphatic carbocycles. The summed E-state index contributed by atoms with van der Waals surface area (Å²) in [5.41, 5.74) is 0.682. The van der Waals surface area contributed by atoms with Crippen LogP contribution in [-0.2, 0) is 17.7 Å². The van der Waals surface area contributed by atoms with Gasteiger partial charge in [-0.1, -0.05) is 5.16 Å². The minimum Gasteiger partial charge on any atom is -0.381 e. The van der Waals surface area contributed by atoms with Crippen molar-refractivity contribution in [2.75, 3.05) is 26.3 Å². The number of piperidine rings is 1. The number of carbonyl (C=O) groups is 1. The van der Waals surface area contributed by atoms with Crippen LogP contribution in [-0.4, -0.2) is 57.0 Å². The predicted molar refractivity (Wildman–Crippen MR) is 102 cm³/mol. The standard InChI is InChI=1S/C20H29N5O3/c1-2-25-14-17(12-21-25)20(26)24-9-3-4-15(13-24)5-6-18-22-19(28-23-18)16-7-10-27-11-8-16/h12,14-16H,2-11,13H2,1H3. The molecule has 2 aromatic rings. The molecule has 2 saturated heterocycles. The maximum absolute atomic E-state index is 12.7. The number of likely N-dealkylation sites (tertiary alicyclic amines) is 1. The number of carbonyl (C=O) groups excluding carboxylic acids is 1. The van der Waals surface area contributed by atoms with Crippen LogP contribution in [0, 0.1) is 5.92 Å². The lowest BCUT2D eigenvalue weighted by molar-refractivity contribution is 0.0668. The number of nitrogens with zero attached hydrogens (tertiary/aromatic N) is 5. The molecule has 4 heterocycles. The summed E-state index contributed by atoms with van der Waals surface area (Å²) < 4.78 is 12.7. The Labute approximate surface area is 165 Å². The van der Waals surface area contributed by atoms with E-state index in [1.807, 2.05) is 18.0 Å². The van der Waals surface area contributed by atoms with Gasteiger partial charge in [0.05, 0.1) is 11.8 Å². The van der Waals surface area contributed by atoms with E-state index in [0.717, 1.165) is 83.1 Å². The molecule has 28 heavy (non-hydrogen) atoms. The highest BCUT2D eigenvalue weighted by molar-refractivity contribution is 5.93. The molecule has 8 nitrogen and oxygen atoms in total. The van der Waals surface area contributed by atoms with Gasteiger partial charge in [-0.3, -0.25) is 9.48 Å². The first-order chi connectivity index (χ1) is 13.7. The van der Waals surface area contributed by atoms with Gasteiger partial charge in [-0.25, -0.2) is 0 Å². The maximum Gasteiger partial charge on any atom is 0.257 e. The Balaban J connectivity index is 1.29. The van der Waals surface area contributed by atoms with Gasteiger partial charge in [0.15, 0.2) is 5.82 Å². The Hall–Kier alpha value is -2.22. The van der Waals surface area contributed by atoms with Crippen molar-refractivity contribution in [2.45, 2.75) is 57.9 Å². The van der Waals surface area contributed by atoms with Gasteiger partial charge in [-0.05, 0) is 44.9 Å². The van der Waals surface area contributed by atoms with Crippen molar-refractivity contribution in [3.63, 3.8) is 0 Å². The van der Waals surface area contributed by atoms with E-state index in [4.69, 9.17) is 9.26 Å². The number of rotatable bonds is 6. The van der Waals surface area contributed by atoms with Gasteiger partial charge in [0.2, 0.25) is 5.89 Å². The quantitative estimate of drug-likeness (QED) is 0.757. The van der Waals surface area contributed by atoms with Crippen LogP contribution in [0.1, 0.15) is 67.0 Å². The molecule has 1 atom stereocenters. The van der Waals surface area contributed by atoms with Crippen LogP contribution < -0.4 is 0 Å². The zero-order valence-electron chi connectivity index (χ0n) is 16.5. The summed E-state index contributed by atoms with van der Waals surface area (Å²) >= 11 is 0. The van der Waals surface area contributed by atoms with Gasteiger partial charge in [0, 0.05) is 51.4 Å². The molecule has 0 saturated carbocycles. The molecule has 0 bridgehead atoms. The van der Waals surface area contributed by atoms with E-state index in [1.165, 1.54) is 0 Å². The number of hydrogen-bond acceptors (Lipinski definition) is 6. The van der Waals surface area contributed by atoms with Crippen LogP contribution in [0.15, 0.2) is 16.9 Å². The van der Waals surface area contributed by atoms with E-state index >= 15 is 0 Å². The molecule has 2 aliphatic rings. The number of ether oxygens (including phenoxy) is 1. The lowest BCUT2D eigenvalue weighted by atomic mass is 9.93. The Morgan fingerprint density at radius 2 is 2.14 bits per heavy atom. The van der Waals surface area contributed by atoms with Gasteiger partial charge >= 0.3 is 0 Å². The second-order valence-corrected chi connectivity index (χ2v) is 7.82. The summed E-state index contributed by atoms with van der Waals surface area (Å²) in [4.78, 5) is 19.3. The average molecular weight is 387 g/mol. The number of hydrogen-bond donors (Lipinski definition) is 0. The lowest BCUT2D eigenvalue weighted by Gasteiger charge is -2.32. The second kappa shape index (κ2) is 8.86. The fraction of sp³-hybridized carbons (Fsp3) is 0.700. The fourth-order valence-electron chi connectivity index (χ4n) is 4.13. The van der Waals surface area contributed by atoms with E-state index in [1.54, 1.807) is 10.9 Å². The van der Waals surface area contributed by atoms with Crippen LogP contribution in [0.3, 0.4) is 0 Å². The minimum absolute atomic E-state index is 0.0887. The Kier molecular flexibility index (Phi) is 6.04. The Morgan fingerprint density at radius 3 is 2.93 bits per heavy atom. The summed E-state index contributed by atoms with van der Waals surface area (Å²) in [6, 6.07) is 0. The molecule has 2 aromatic heterocycles. The highest BCUT2D eigenvalue weighted by Gasteiger charge is 2.26. The van der Waals surface area contributed by atoms with Crippen LogP contribution in [0.2, 0.25) is 0 Å². The molecule has 152 valence electrons. The number of amides is 1. The van der Waals surface area contributed by atoms with E-state index in [9.17, 15) is 4.79 Å². The van der Waals surface area contributed by atoms with Crippen molar-refractivity contribution in [1.82, 2.24) is 24.8 Å². The van der Waals surface area contributed by atoms with Crippen molar-refractivity contribution in [1.29, 1.82) is 0 Å². The van der Waals surface area contributed by atoms with Gasteiger partial charge in [0.25, 0.3) is 5.91 Å². The first-order valence-corrected chi connectivity index (χ1v) is 10.4. The summed E-state index contributed by atoms with van der Waals surface area (Å²) in [6.45, 7) is 5.95. The van der Waals surface area contributed by atoms with Crippen molar-refractivity contribution >= 4 is 5.91 Å². The van der Waals surface area contributed by atoms with E-state index in [2.05, 4.69) is 15.2 Å². The van der Waals surface area contributed by atoms with Crippen LogP contribution >= 0.6 is 0 Å². The van der Waals surface area contributed by atoms with E-state index < -0.39 is 0 Å². The predicted octanol–water partition coefficient (Wildman–Crippen LogP) is 2.67. The summed E-state index contributed by atoms with van der Waals surface area (Å²) in [6.07, 6.45) is 9.38. The molecule has 0 radical (unpaired) electrons.